The van der Waals surface area contributed by atoms with Crippen molar-refractivity contribution < 1.29 is 5.11 Å². The lowest BCUT2D eigenvalue weighted by molar-refractivity contribution is 0.283. The number of halogens is 1. The minimum atomic E-state index is 0.321. The zero-order valence-corrected chi connectivity index (χ0v) is 10.4. The van der Waals surface area contributed by atoms with E-state index in [1.54, 1.807) is 0 Å². The molecule has 0 heterocycles. The third kappa shape index (κ3) is 6.08. The molecule has 0 amide bonds. The van der Waals surface area contributed by atoms with E-state index in [0.29, 0.717) is 6.61 Å². The highest BCUT2D eigenvalue weighted by molar-refractivity contribution is 7.99. The van der Waals surface area contributed by atoms with Crippen LogP contribution < -0.4 is 0 Å². The Hall–Kier alpha value is -0.180. The number of aliphatic hydroxyl groups excluding tert-OH is 1. The van der Waals surface area contributed by atoms with E-state index in [0.717, 1.165) is 23.6 Å². The van der Waals surface area contributed by atoms with Gasteiger partial charge in [-0.05, 0) is 36.8 Å². The molecule has 84 valence electrons. The van der Waals surface area contributed by atoms with Crippen LogP contribution in [0, 0.1) is 0 Å². The summed E-state index contributed by atoms with van der Waals surface area (Å²) in [5.74, 6) is 1.13. The van der Waals surface area contributed by atoms with Gasteiger partial charge in [0, 0.05) is 16.5 Å². The topological polar surface area (TPSA) is 20.2 Å². The Kier molecular flexibility index (Phi) is 6.90. The monoisotopic (exact) mass is 244 g/mol. The molecule has 15 heavy (non-hydrogen) atoms. The standard InChI is InChI=1S/C12H17ClOS/c13-11-6-5-7-12(10-11)15-9-4-2-1-3-8-14/h5-7,10,14H,1-4,8-9H2. The minimum absolute atomic E-state index is 0.321. The van der Waals surface area contributed by atoms with Gasteiger partial charge in [0.2, 0.25) is 0 Å². The molecule has 0 aliphatic heterocycles. The third-order valence-electron chi connectivity index (χ3n) is 2.12. The molecule has 0 unspecified atom stereocenters. The number of benzene rings is 1. The molecule has 0 atom stereocenters. The van der Waals surface area contributed by atoms with Crippen molar-refractivity contribution in [3.8, 4) is 0 Å². The normalized spacial score (nSPS) is 10.5. The number of aliphatic hydroxyl groups is 1. The first kappa shape index (κ1) is 12.9. The van der Waals surface area contributed by atoms with Gasteiger partial charge in [-0.1, -0.05) is 30.5 Å². The van der Waals surface area contributed by atoms with Crippen LogP contribution >= 0.6 is 23.4 Å². The first-order chi connectivity index (χ1) is 7.33. The van der Waals surface area contributed by atoms with Crippen molar-refractivity contribution >= 4 is 23.4 Å². The number of thioether (sulfide) groups is 1. The molecule has 0 fully saturated rings. The average Bonchev–Trinajstić information content (AvgIpc) is 2.23. The van der Waals surface area contributed by atoms with Gasteiger partial charge in [0.15, 0.2) is 0 Å². The molecule has 0 bridgehead atoms. The van der Waals surface area contributed by atoms with Crippen LogP contribution in [0.4, 0.5) is 0 Å². The number of hydrogen-bond donors (Lipinski definition) is 1. The van der Waals surface area contributed by atoms with Crippen LogP contribution in [0.15, 0.2) is 29.2 Å². The highest BCUT2D eigenvalue weighted by atomic mass is 35.5. The van der Waals surface area contributed by atoms with Crippen LogP contribution in [0.2, 0.25) is 5.02 Å². The van der Waals surface area contributed by atoms with Crippen LogP contribution in [0.1, 0.15) is 25.7 Å². The summed E-state index contributed by atoms with van der Waals surface area (Å²) in [6.07, 6.45) is 4.47. The first-order valence-electron chi connectivity index (χ1n) is 5.32. The summed E-state index contributed by atoms with van der Waals surface area (Å²) in [6, 6.07) is 7.97. The number of hydrogen-bond acceptors (Lipinski definition) is 2. The smallest absolute Gasteiger partial charge is 0.0431 e. The predicted molar refractivity (Wildman–Crippen MR) is 67.7 cm³/mol. The molecule has 3 heteroatoms. The van der Waals surface area contributed by atoms with Crippen LogP contribution in [0.5, 0.6) is 0 Å². The van der Waals surface area contributed by atoms with Crippen LogP contribution in [0.25, 0.3) is 0 Å². The lowest BCUT2D eigenvalue weighted by Gasteiger charge is -2.01. The molecule has 1 rings (SSSR count). The molecule has 1 nitrogen and oxygen atoms in total. The Bertz CT molecular complexity index is 278. The molecule has 0 aliphatic carbocycles. The summed E-state index contributed by atoms with van der Waals surface area (Å²) in [6.45, 7) is 0.321. The highest BCUT2D eigenvalue weighted by Crippen LogP contribution is 2.22. The Balaban J connectivity index is 2.10. The quantitative estimate of drug-likeness (QED) is 0.578. The van der Waals surface area contributed by atoms with E-state index in [9.17, 15) is 0 Å². The van der Waals surface area contributed by atoms with E-state index in [1.807, 2.05) is 30.0 Å². The molecule has 0 saturated heterocycles. The molecule has 1 N–H and O–H groups in total. The zero-order chi connectivity index (χ0) is 10.9. The lowest BCUT2D eigenvalue weighted by atomic mass is 10.2. The van der Waals surface area contributed by atoms with E-state index < -0.39 is 0 Å². The van der Waals surface area contributed by atoms with Crippen molar-refractivity contribution in [2.75, 3.05) is 12.4 Å². The average molecular weight is 245 g/mol. The van der Waals surface area contributed by atoms with Gasteiger partial charge in [-0.25, -0.2) is 0 Å². The Labute approximate surface area is 101 Å². The maximum absolute atomic E-state index is 8.61. The summed E-state index contributed by atoms with van der Waals surface area (Å²) in [5, 5.41) is 9.42. The van der Waals surface area contributed by atoms with Crippen molar-refractivity contribution in [2.24, 2.45) is 0 Å². The summed E-state index contributed by atoms with van der Waals surface area (Å²) >= 11 is 7.73. The van der Waals surface area contributed by atoms with Crippen molar-refractivity contribution in [2.45, 2.75) is 30.6 Å². The van der Waals surface area contributed by atoms with Crippen LogP contribution in [-0.4, -0.2) is 17.5 Å². The van der Waals surface area contributed by atoms with E-state index in [-0.39, 0.29) is 0 Å². The van der Waals surface area contributed by atoms with E-state index in [4.69, 9.17) is 16.7 Å². The first-order valence-corrected chi connectivity index (χ1v) is 6.68. The summed E-state index contributed by atoms with van der Waals surface area (Å²) in [7, 11) is 0. The molecular formula is C12H17ClOS. The van der Waals surface area contributed by atoms with E-state index in [2.05, 4.69) is 6.07 Å². The summed E-state index contributed by atoms with van der Waals surface area (Å²) < 4.78 is 0. The number of rotatable bonds is 7. The maximum atomic E-state index is 8.61. The Morgan fingerprint density at radius 2 is 1.93 bits per heavy atom. The van der Waals surface area contributed by atoms with Crippen molar-refractivity contribution in [1.29, 1.82) is 0 Å². The Morgan fingerprint density at radius 3 is 2.67 bits per heavy atom. The fourth-order valence-corrected chi connectivity index (χ4v) is 2.54. The van der Waals surface area contributed by atoms with Gasteiger partial charge in [0.1, 0.15) is 0 Å². The third-order valence-corrected chi connectivity index (χ3v) is 3.43. The van der Waals surface area contributed by atoms with E-state index >= 15 is 0 Å². The molecule has 0 saturated carbocycles. The van der Waals surface area contributed by atoms with Gasteiger partial charge in [-0.2, -0.15) is 0 Å². The molecule has 0 aromatic heterocycles. The molecule has 0 spiro atoms. The fourth-order valence-electron chi connectivity index (χ4n) is 1.31. The van der Waals surface area contributed by atoms with Crippen LogP contribution in [-0.2, 0) is 0 Å². The van der Waals surface area contributed by atoms with Gasteiger partial charge in [-0.3, -0.25) is 0 Å². The minimum Gasteiger partial charge on any atom is -0.396 e. The van der Waals surface area contributed by atoms with Gasteiger partial charge in [0.25, 0.3) is 0 Å². The lowest BCUT2D eigenvalue weighted by Crippen LogP contribution is -1.85. The predicted octanol–water partition coefficient (Wildman–Crippen LogP) is 3.98. The molecule has 0 aliphatic rings. The van der Waals surface area contributed by atoms with Crippen molar-refractivity contribution in [1.82, 2.24) is 0 Å². The second-order valence-electron chi connectivity index (χ2n) is 3.44. The van der Waals surface area contributed by atoms with Crippen molar-refractivity contribution in [3.63, 3.8) is 0 Å². The summed E-state index contributed by atoms with van der Waals surface area (Å²) in [5.41, 5.74) is 0. The molecule has 1 aromatic rings. The molecular weight excluding hydrogens is 228 g/mol. The fraction of sp³-hybridized carbons (Fsp3) is 0.500. The molecule has 0 radical (unpaired) electrons. The van der Waals surface area contributed by atoms with E-state index in [1.165, 1.54) is 17.7 Å². The second kappa shape index (κ2) is 8.03. The zero-order valence-electron chi connectivity index (χ0n) is 8.79. The van der Waals surface area contributed by atoms with Crippen LogP contribution in [0.3, 0.4) is 0 Å². The van der Waals surface area contributed by atoms with Crippen molar-refractivity contribution in [3.05, 3.63) is 29.3 Å². The highest BCUT2D eigenvalue weighted by Gasteiger charge is 1.95. The Morgan fingerprint density at radius 1 is 1.13 bits per heavy atom. The van der Waals surface area contributed by atoms with Gasteiger partial charge >= 0.3 is 0 Å². The SMILES string of the molecule is OCCCCCCSc1cccc(Cl)c1. The maximum Gasteiger partial charge on any atom is 0.0431 e. The number of unbranched alkanes of at least 4 members (excludes halogenated alkanes) is 3. The molecule has 1 aromatic carbocycles. The largest absolute Gasteiger partial charge is 0.396 e. The van der Waals surface area contributed by atoms with Gasteiger partial charge in [-0.15, -0.1) is 11.8 Å². The summed E-state index contributed by atoms with van der Waals surface area (Å²) in [4.78, 5) is 1.24. The second-order valence-corrected chi connectivity index (χ2v) is 5.05. The van der Waals surface area contributed by atoms with Gasteiger partial charge < -0.3 is 5.11 Å². The van der Waals surface area contributed by atoms with Gasteiger partial charge in [0.05, 0.1) is 0 Å².